The quantitative estimate of drug-likeness (QED) is 0.388. The van der Waals surface area contributed by atoms with Crippen LogP contribution < -0.4 is 9.47 Å². The summed E-state index contributed by atoms with van der Waals surface area (Å²) in [7, 11) is 3.26. The van der Waals surface area contributed by atoms with E-state index in [1.165, 1.54) is 5.56 Å². The summed E-state index contributed by atoms with van der Waals surface area (Å²) in [6.07, 6.45) is 1.52. The lowest BCUT2D eigenvalue weighted by Gasteiger charge is -2.30. The second kappa shape index (κ2) is 11.0. The molecule has 0 bridgehead atoms. The summed E-state index contributed by atoms with van der Waals surface area (Å²) in [4.78, 5) is 15.4. The van der Waals surface area contributed by atoms with Crippen molar-refractivity contribution in [3.63, 3.8) is 0 Å². The SMILES string of the molecule is COc1ccc(CCN(C(=O)c2cccc(Br)c2)[C@@H](C)Cc2ccccc2)cc1OC. The van der Waals surface area contributed by atoms with Crippen LogP contribution in [0.25, 0.3) is 0 Å². The van der Waals surface area contributed by atoms with E-state index in [0.717, 1.165) is 22.9 Å². The Bertz CT molecular complexity index is 1010. The van der Waals surface area contributed by atoms with Crippen molar-refractivity contribution in [1.29, 1.82) is 0 Å². The molecule has 0 radical (unpaired) electrons. The van der Waals surface area contributed by atoms with Crippen molar-refractivity contribution in [3.8, 4) is 11.5 Å². The largest absolute Gasteiger partial charge is 0.493 e. The highest BCUT2D eigenvalue weighted by Gasteiger charge is 2.22. The number of ether oxygens (including phenoxy) is 2. The summed E-state index contributed by atoms with van der Waals surface area (Å²) >= 11 is 3.48. The van der Waals surface area contributed by atoms with Gasteiger partial charge in [-0.1, -0.05) is 58.4 Å². The molecule has 3 aromatic rings. The highest BCUT2D eigenvalue weighted by atomic mass is 79.9. The molecular weight excluding hydrogens is 454 g/mol. The summed E-state index contributed by atoms with van der Waals surface area (Å²) in [6, 6.07) is 23.8. The first-order chi connectivity index (χ1) is 15.0. The van der Waals surface area contributed by atoms with Gasteiger partial charge >= 0.3 is 0 Å². The first-order valence-corrected chi connectivity index (χ1v) is 11.1. The average molecular weight is 482 g/mol. The highest BCUT2D eigenvalue weighted by molar-refractivity contribution is 9.10. The molecule has 1 amide bonds. The molecule has 1 atom stereocenters. The molecule has 162 valence electrons. The van der Waals surface area contributed by atoms with E-state index < -0.39 is 0 Å². The molecule has 0 saturated carbocycles. The first-order valence-electron chi connectivity index (χ1n) is 10.3. The van der Waals surface area contributed by atoms with Gasteiger partial charge in [0.25, 0.3) is 5.91 Å². The molecule has 31 heavy (non-hydrogen) atoms. The number of nitrogens with zero attached hydrogens (tertiary/aromatic N) is 1. The lowest BCUT2D eigenvalue weighted by molar-refractivity contribution is 0.0694. The van der Waals surface area contributed by atoms with E-state index in [-0.39, 0.29) is 11.9 Å². The fourth-order valence-corrected chi connectivity index (χ4v) is 4.06. The van der Waals surface area contributed by atoms with E-state index >= 15 is 0 Å². The van der Waals surface area contributed by atoms with Crippen molar-refractivity contribution >= 4 is 21.8 Å². The lowest BCUT2D eigenvalue weighted by atomic mass is 10.0. The molecule has 0 fully saturated rings. The fraction of sp³-hybridized carbons (Fsp3) is 0.269. The second-order valence-electron chi connectivity index (χ2n) is 7.49. The van der Waals surface area contributed by atoms with Crippen LogP contribution in [0.4, 0.5) is 0 Å². The highest BCUT2D eigenvalue weighted by Crippen LogP contribution is 2.28. The predicted molar refractivity (Wildman–Crippen MR) is 128 cm³/mol. The van der Waals surface area contributed by atoms with E-state index in [4.69, 9.17) is 9.47 Å². The standard InChI is InChI=1S/C26H28BrNO3/c1-19(16-20-8-5-4-6-9-20)28(26(29)22-10-7-11-23(27)18-22)15-14-21-12-13-24(30-2)25(17-21)31-3/h4-13,17-19H,14-16H2,1-3H3/t19-/m0/s1. The monoisotopic (exact) mass is 481 g/mol. The molecule has 0 unspecified atom stereocenters. The minimum Gasteiger partial charge on any atom is -0.493 e. The maximum Gasteiger partial charge on any atom is 0.254 e. The summed E-state index contributed by atoms with van der Waals surface area (Å²) in [6.45, 7) is 2.71. The van der Waals surface area contributed by atoms with Crippen LogP contribution in [0.1, 0.15) is 28.4 Å². The Kier molecular flexibility index (Phi) is 8.13. The minimum atomic E-state index is 0.0326. The molecule has 0 aliphatic heterocycles. The molecule has 0 spiro atoms. The number of carbonyl (C=O) groups is 1. The fourth-order valence-electron chi connectivity index (χ4n) is 3.66. The molecular formula is C26H28BrNO3. The Balaban J connectivity index is 1.82. The van der Waals surface area contributed by atoms with Crippen molar-refractivity contribution < 1.29 is 14.3 Å². The third-order valence-electron chi connectivity index (χ3n) is 5.33. The molecule has 0 N–H and O–H groups in total. The van der Waals surface area contributed by atoms with E-state index in [1.54, 1.807) is 14.2 Å². The van der Waals surface area contributed by atoms with Crippen molar-refractivity contribution in [1.82, 2.24) is 4.90 Å². The molecule has 0 heterocycles. The van der Waals surface area contributed by atoms with Gasteiger partial charge in [0.15, 0.2) is 11.5 Å². The maximum atomic E-state index is 13.4. The van der Waals surface area contributed by atoms with E-state index in [0.29, 0.717) is 23.6 Å². The zero-order valence-electron chi connectivity index (χ0n) is 18.2. The van der Waals surface area contributed by atoms with Gasteiger partial charge in [-0.25, -0.2) is 0 Å². The minimum absolute atomic E-state index is 0.0326. The predicted octanol–water partition coefficient (Wildman–Crippen LogP) is 5.78. The Labute approximate surface area is 192 Å². The third kappa shape index (κ3) is 6.11. The number of hydrogen-bond donors (Lipinski definition) is 0. The van der Waals surface area contributed by atoms with Crippen LogP contribution in [0, 0.1) is 0 Å². The number of hydrogen-bond acceptors (Lipinski definition) is 3. The van der Waals surface area contributed by atoms with Gasteiger partial charge in [0.05, 0.1) is 14.2 Å². The molecule has 0 saturated heterocycles. The van der Waals surface area contributed by atoms with Crippen molar-refractivity contribution in [3.05, 3.63) is 94.0 Å². The maximum absolute atomic E-state index is 13.4. The smallest absolute Gasteiger partial charge is 0.254 e. The van der Waals surface area contributed by atoms with Gasteiger partial charge in [0.2, 0.25) is 0 Å². The number of rotatable bonds is 9. The first kappa shape index (κ1) is 22.9. The van der Waals surface area contributed by atoms with E-state index in [2.05, 4.69) is 35.0 Å². The Morgan fingerprint density at radius 2 is 1.65 bits per heavy atom. The van der Waals surface area contributed by atoms with Crippen LogP contribution in [-0.2, 0) is 12.8 Å². The summed E-state index contributed by atoms with van der Waals surface area (Å²) < 4.78 is 11.7. The van der Waals surface area contributed by atoms with Crippen LogP contribution >= 0.6 is 15.9 Å². The number of halogens is 1. The van der Waals surface area contributed by atoms with E-state index in [1.807, 2.05) is 65.6 Å². The van der Waals surface area contributed by atoms with Gasteiger partial charge in [-0.3, -0.25) is 4.79 Å². The van der Waals surface area contributed by atoms with Crippen LogP contribution in [0.2, 0.25) is 0 Å². The van der Waals surface area contributed by atoms with Crippen LogP contribution in [-0.4, -0.2) is 37.6 Å². The van der Waals surface area contributed by atoms with Crippen molar-refractivity contribution in [2.24, 2.45) is 0 Å². The molecule has 0 aliphatic carbocycles. The summed E-state index contributed by atoms with van der Waals surface area (Å²) in [5.74, 6) is 1.43. The van der Waals surface area contributed by atoms with Crippen molar-refractivity contribution in [2.75, 3.05) is 20.8 Å². The normalized spacial score (nSPS) is 11.6. The topological polar surface area (TPSA) is 38.8 Å². The lowest BCUT2D eigenvalue weighted by Crippen LogP contribution is -2.41. The Hall–Kier alpha value is -2.79. The zero-order valence-corrected chi connectivity index (χ0v) is 19.8. The van der Waals surface area contributed by atoms with Gasteiger partial charge in [0.1, 0.15) is 0 Å². The molecule has 5 heteroatoms. The average Bonchev–Trinajstić information content (AvgIpc) is 2.79. The molecule has 0 aromatic heterocycles. The van der Waals surface area contributed by atoms with Gasteiger partial charge in [0, 0.05) is 22.6 Å². The van der Waals surface area contributed by atoms with Crippen LogP contribution in [0.5, 0.6) is 11.5 Å². The molecule has 4 nitrogen and oxygen atoms in total. The number of benzene rings is 3. The summed E-state index contributed by atoms with van der Waals surface area (Å²) in [5, 5.41) is 0. The number of amides is 1. The third-order valence-corrected chi connectivity index (χ3v) is 5.82. The Morgan fingerprint density at radius 3 is 2.32 bits per heavy atom. The van der Waals surface area contributed by atoms with Gasteiger partial charge in [-0.15, -0.1) is 0 Å². The Morgan fingerprint density at radius 1 is 0.903 bits per heavy atom. The zero-order chi connectivity index (χ0) is 22.2. The molecule has 3 rings (SSSR count). The number of methoxy groups -OCH3 is 2. The van der Waals surface area contributed by atoms with Crippen molar-refractivity contribution in [2.45, 2.75) is 25.8 Å². The second-order valence-corrected chi connectivity index (χ2v) is 8.40. The van der Waals surface area contributed by atoms with Gasteiger partial charge < -0.3 is 14.4 Å². The van der Waals surface area contributed by atoms with Gasteiger partial charge in [-0.2, -0.15) is 0 Å². The molecule has 3 aromatic carbocycles. The molecule has 0 aliphatic rings. The summed E-state index contributed by atoms with van der Waals surface area (Å²) in [5.41, 5.74) is 2.99. The van der Waals surface area contributed by atoms with Crippen LogP contribution in [0.3, 0.4) is 0 Å². The van der Waals surface area contributed by atoms with Crippen LogP contribution in [0.15, 0.2) is 77.3 Å². The van der Waals surface area contributed by atoms with E-state index in [9.17, 15) is 4.79 Å². The number of carbonyl (C=O) groups excluding carboxylic acids is 1. The van der Waals surface area contributed by atoms with Gasteiger partial charge in [-0.05, 0) is 61.2 Å².